The first kappa shape index (κ1) is 12.2. The topological polar surface area (TPSA) is 32.3 Å². The van der Waals surface area contributed by atoms with E-state index >= 15 is 0 Å². The van der Waals surface area contributed by atoms with Gasteiger partial charge in [0.05, 0.1) is 6.54 Å². The Morgan fingerprint density at radius 1 is 1.44 bits per heavy atom. The van der Waals surface area contributed by atoms with Crippen molar-refractivity contribution in [1.29, 1.82) is 0 Å². The first-order valence-electron chi connectivity index (χ1n) is 6.86. The molecule has 0 spiro atoms. The van der Waals surface area contributed by atoms with Crippen LogP contribution < -0.4 is 5.32 Å². The van der Waals surface area contributed by atoms with Crippen LogP contribution in [0, 0.1) is 5.92 Å². The van der Waals surface area contributed by atoms with Crippen LogP contribution in [0.5, 0.6) is 0 Å². The first-order chi connectivity index (χ1) is 8.83. The summed E-state index contributed by atoms with van der Waals surface area (Å²) in [7, 11) is 0. The maximum absolute atomic E-state index is 11.9. The molecule has 1 N–H and O–H groups in total. The van der Waals surface area contributed by atoms with Crippen molar-refractivity contribution in [3.05, 3.63) is 22.4 Å². The van der Waals surface area contributed by atoms with Crippen LogP contribution in [0.15, 0.2) is 16.8 Å². The van der Waals surface area contributed by atoms with E-state index < -0.39 is 0 Å². The van der Waals surface area contributed by atoms with Gasteiger partial charge in [-0.25, -0.2) is 0 Å². The Labute approximate surface area is 112 Å². The summed E-state index contributed by atoms with van der Waals surface area (Å²) in [4.78, 5) is 14.2. The van der Waals surface area contributed by atoms with E-state index in [1.165, 1.54) is 31.2 Å². The molecule has 1 amide bonds. The summed E-state index contributed by atoms with van der Waals surface area (Å²) in [6.07, 6.45) is 4.98. The van der Waals surface area contributed by atoms with Gasteiger partial charge in [-0.15, -0.1) is 0 Å². The van der Waals surface area contributed by atoms with Crippen molar-refractivity contribution in [3.8, 4) is 0 Å². The molecule has 98 valence electrons. The van der Waals surface area contributed by atoms with E-state index in [2.05, 4.69) is 27.0 Å². The van der Waals surface area contributed by atoms with Crippen molar-refractivity contribution >= 4 is 17.2 Å². The van der Waals surface area contributed by atoms with Crippen LogP contribution in [0.1, 0.15) is 37.3 Å². The molecule has 0 aromatic carbocycles. The van der Waals surface area contributed by atoms with Gasteiger partial charge in [-0.05, 0) is 60.5 Å². The van der Waals surface area contributed by atoms with E-state index in [1.54, 1.807) is 11.3 Å². The lowest BCUT2D eigenvalue weighted by Crippen LogP contribution is -2.37. The van der Waals surface area contributed by atoms with Crippen molar-refractivity contribution in [2.45, 2.75) is 31.7 Å². The summed E-state index contributed by atoms with van der Waals surface area (Å²) in [5, 5.41) is 7.40. The van der Waals surface area contributed by atoms with Gasteiger partial charge in [-0.2, -0.15) is 11.3 Å². The van der Waals surface area contributed by atoms with E-state index in [1.807, 2.05) is 0 Å². The molecule has 1 aromatic heterocycles. The number of amides is 1. The SMILES string of the molecule is O=C(CN1CCCC1c1ccsc1)NCC1CC1. The third-order valence-electron chi connectivity index (χ3n) is 3.92. The molecule has 1 saturated carbocycles. The fourth-order valence-corrected chi connectivity index (χ4v) is 3.39. The van der Waals surface area contributed by atoms with Crippen molar-refractivity contribution < 1.29 is 4.79 Å². The van der Waals surface area contributed by atoms with Gasteiger partial charge in [-0.3, -0.25) is 9.69 Å². The molecule has 0 radical (unpaired) electrons. The Morgan fingerprint density at radius 3 is 3.06 bits per heavy atom. The van der Waals surface area contributed by atoms with Crippen molar-refractivity contribution in [2.24, 2.45) is 5.92 Å². The summed E-state index contributed by atoms with van der Waals surface area (Å²) in [6.45, 7) is 2.50. The standard InChI is InChI=1S/C14H20N2OS/c17-14(15-8-11-3-4-11)9-16-6-1-2-13(16)12-5-7-18-10-12/h5,7,10-11,13H,1-4,6,8-9H2,(H,15,17). The molecule has 2 aliphatic rings. The molecule has 1 saturated heterocycles. The summed E-state index contributed by atoms with van der Waals surface area (Å²) in [5.41, 5.74) is 1.38. The van der Waals surface area contributed by atoms with Gasteiger partial charge in [0.25, 0.3) is 0 Å². The van der Waals surface area contributed by atoms with E-state index in [9.17, 15) is 4.79 Å². The highest BCUT2D eigenvalue weighted by Crippen LogP contribution is 2.32. The number of thiophene rings is 1. The summed E-state index contributed by atoms with van der Waals surface area (Å²) in [5.74, 6) is 0.962. The molecular weight excluding hydrogens is 244 g/mol. The lowest BCUT2D eigenvalue weighted by molar-refractivity contribution is -0.122. The summed E-state index contributed by atoms with van der Waals surface area (Å²) < 4.78 is 0. The fourth-order valence-electron chi connectivity index (χ4n) is 2.68. The highest BCUT2D eigenvalue weighted by molar-refractivity contribution is 7.07. The zero-order chi connectivity index (χ0) is 12.4. The van der Waals surface area contributed by atoms with Gasteiger partial charge in [-0.1, -0.05) is 0 Å². The Balaban J connectivity index is 1.52. The molecule has 1 unspecified atom stereocenters. The zero-order valence-corrected chi connectivity index (χ0v) is 11.4. The lowest BCUT2D eigenvalue weighted by atomic mass is 10.1. The molecule has 1 aromatic rings. The number of hydrogen-bond acceptors (Lipinski definition) is 3. The highest BCUT2D eigenvalue weighted by Gasteiger charge is 2.28. The minimum Gasteiger partial charge on any atom is -0.355 e. The Kier molecular flexibility index (Phi) is 3.66. The van der Waals surface area contributed by atoms with Gasteiger partial charge in [0.1, 0.15) is 0 Å². The second-order valence-electron chi connectivity index (χ2n) is 5.43. The number of rotatable bonds is 5. The van der Waals surface area contributed by atoms with Crippen LogP contribution in [0.4, 0.5) is 0 Å². The third-order valence-corrected chi connectivity index (χ3v) is 4.62. The van der Waals surface area contributed by atoms with Gasteiger partial charge in [0, 0.05) is 12.6 Å². The molecule has 3 nitrogen and oxygen atoms in total. The van der Waals surface area contributed by atoms with Crippen molar-refractivity contribution in [1.82, 2.24) is 10.2 Å². The van der Waals surface area contributed by atoms with E-state index in [0.29, 0.717) is 12.6 Å². The average Bonchev–Trinajstić information content (AvgIpc) is 2.85. The highest BCUT2D eigenvalue weighted by atomic mass is 32.1. The van der Waals surface area contributed by atoms with Crippen LogP contribution in [0.3, 0.4) is 0 Å². The van der Waals surface area contributed by atoms with Crippen LogP contribution in [-0.2, 0) is 4.79 Å². The van der Waals surface area contributed by atoms with Gasteiger partial charge < -0.3 is 5.32 Å². The molecule has 18 heavy (non-hydrogen) atoms. The normalized spacial score (nSPS) is 24.3. The third kappa shape index (κ3) is 2.93. The predicted octanol–water partition coefficient (Wildman–Crippen LogP) is 2.41. The first-order valence-corrected chi connectivity index (χ1v) is 7.80. The number of carbonyl (C=O) groups excluding carboxylic acids is 1. The molecule has 3 rings (SSSR count). The quantitative estimate of drug-likeness (QED) is 0.886. The summed E-state index contributed by atoms with van der Waals surface area (Å²) >= 11 is 1.74. The van der Waals surface area contributed by atoms with Crippen molar-refractivity contribution in [2.75, 3.05) is 19.6 Å². The monoisotopic (exact) mass is 264 g/mol. The Bertz CT molecular complexity index is 400. The van der Waals surface area contributed by atoms with Crippen molar-refractivity contribution in [3.63, 3.8) is 0 Å². The van der Waals surface area contributed by atoms with Crippen LogP contribution in [-0.4, -0.2) is 30.4 Å². The number of hydrogen-bond donors (Lipinski definition) is 1. The second-order valence-corrected chi connectivity index (χ2v) is 6.21. The minimum absolute atomic E-state index is 0.198. The van der Waals surface area contributed by atoms with Crippen LogP contribution in [0.25, 0.3) is 0 Å². The maximum Gasteiger partial charge on any atom is 0.234 e. The van der Waals surface area contributed by atoms with Gasteiger partial charge in [0.2, 0.25) is 5.91 Å². The Hall–Kier alpha value is -0.870. The van der Waals surface area contributed by atoms with E-state index in [4.69, 9.17) is 0 Å². The second kappa shape index (κ2) is 5.41. The minimum atomic E-state index is 0.198. The number of nitrogens with zero attached hydrogens (tertiary/aromatic N) is 1. The number of likely N-dealkylation sites (tertiary alicyclic amines) is 1. The van der Waals surface area contributed by atoms with E-state index in [0.717, 1.165) is 19.0 Å². The Morgan fingerprint density at radius 2 is 2.33 bits per heavy atom. The van der Waals surface area contributed by atoms with Gasteiger partial charge >= 0.3 is 0 Å². The smallest absolute Gasteiger partial charge is 0.234 e. The molecule has 1 atom stereocenters. The van der Waals surface area contributed by atoms with E-state index in [-0.39, 0.29) is 5.91 Å². The predicted molar refractivity (Wildman–Crippen MR) is 73.6 cm³/mol. The molecule has 2 fully saturated rings. The summed E-state index contributed by atoms with van der Waals surface area (Å²) in [6, 6.07) is 2.65. The molecule has 2 heterocycles. The molecule has 4 heteroatoms. The largest absolute Gasteiger partial charge is 0.355 e. The zero-order valence-electron chi connectivity index (χ0n) is 10.6. The maximum atomic E-state index is 11.9. The fraction of sp³-hybridized carbons (Fsp3) is 0.643. The number of nitrogens with one attached hydrogen (secondary N) is 1. The van der Waals surface area contributed by atoms with Crippen LogP contribution in [0.2, 0.25) is 0 Å². The molecule has 1 aliphatic heterocycles. The molecule has 1 aliphatic carbocycles. The number of carbonyl (C=O) groups is 1. The van der Waals surface area contributed by atoms with Crippen LogP contribution >= 0.6 is 11.3 Å². The average molecular weight is 264 g/mol. The lowest BCUT2D eigenvalue weighted by Gasteiger charge is -2.23. The molecule has 0 bridgehead atoms. The van der Waals surface area contributed by atoms with Gasteiger partial charge in [0.15, 0.2) is 0 Å². The molecular formula is C14H20N2OS.